The van der Waals surface area contributed by atoms with E-state index >= 15 is 0 Å². The molecule has 22 heavy (non-hydrogen) atoms. The first-order chi connectivity index (χ1) is 10.4. The highest BCUT2D eigenvalue weighted by Crippen LogP contribution is 2.37. The third-order valence-corrected chi connectivity index (χ3v) is 4.72. The lowest BCUT2D eigenvalue weighted by Crippen LogP contribution is -2.46. The second-order valence-corrected chi connectivity index (χ2v) is 6.45. The van der Waals surface area contributed by atoms with Crippen LogP contribution in [0, 0.1) is 12.3 Å². The number of hydrogen-bond acceptors (Lipinski definition) is 3. The Kier molecular flexibility index (Phi) is 4.86. The Balaban J connectivity index is 2.00. The average Bonchev–Trinajstić information content (AvgIpc) is 2.81. The molecule has 5 nitrogen and oxygen atoms in total. The van der Waals surface area contributed by atoms with Gasteiger partial charge in [0.15, 0.2) is 0 Å². The third-order valence-electron chi connectivity index (χ3n) is 4.72. The van der Waals surface area contributed by atoms with Gasteiger partial charge in [-0.3, -0.25) is 14.8 Å². The Morgan fingerprint density at radius 2 is 2.05 bits per heavy atom. The highest BCUT2D eigenvalue weighted by atomic mass is 16.5. The number of carbonyl (C=O) groups excluding carboxylic acids is 2. The molecule has 0 aromatic heterocycles. The first kappa shape index (κ1) is 16.5. The number of hydroxylamine groups is 1. The van der Waals surface area contributed by atoms with Gasteiger partial charge in [-0.2, -0.15) is 0 Å². The van der Waals surface area contributed by atoms with Crippen molar-refractivity contribution in [3.63, 3.8) is 0 Å². The zero-order chi connectivity index (χ0) is 16.3. The second kappa shape index (κ2) is 6.48. The van der Waals surface area contributed by atoms with Gasteiger partial charge < -0.3 is 4.90 Å². The number of benzene rings is 1. The summed E-state index contributed by atoms with van der Waals surface area (Å²) >= 11 is 0. The second-order valence-electron chi connectivity index (χ2n) is 6.45. The van der Waals surface area contributed by atoms with Crippen LogP contribution < -0.4 is 5.48 Å². The van der Waals surface area contributed by atoms with Gasteiger partial charge in [-0.1, -0.05) is 36.8 Å². The minimum Gasteiger partial charge on any atom is -0.330 e. The lowest BCUT2D eigenvalue weighted by molar-refractivity contribution is -0.145. The minimum absolute atomic E-state index is 0.00397. The van der Waals surface area contributed by atoms with Gasteiger partial charge >= 0.3 is 0 Å². The lowest BCUT2D eigenvalue weighted by atomic mass is 9.82. The molecular formula is C17H24N2O3. The molecule has 1 aromatic rings. The molecule has 1 saturated heterocycles. The predicted molar refractivity (Wildman–Crippen MR) is 83.3 cm³/mol. The topological polar surface area (TPSA) is 69.6 Å². The van der Waals surface area contributed by atoms with Crippen LogP contribution in [-0.4, -0.2) is 34.5 Å². The molecule has 0 aliphatic carbocycles. The van der Waals surface area contributed by atoms with E-state index in [-0.39, 0.29) is 5.91 Å². The van der Waals surface area contributed by atoms with Gasteiger partial charge in [0.1, 0.15) is 6.04 Å². The number of carbonyl (C=O) groups is 2. The van der Waals surface area contributed by atoms with Gasteiger partial charge in [0.25, 0.3) is 5.91 Å². The highest BCUT2D eigenvalue weighted by molar-refractivity contribution is 5.90. The Hall–Kier alpha value is -1.88. The molecular weight excluding hydrogens is 280 g/mol. The summed E-state index contributed by atoms with van der Waals surface area (Å²) < 4.78 is 0. The van der Waals surface area contributed by atoms with Gasteiger partial charge in [0, 0.05) is 12.0 Å². The number of nitrogens with zero attached hydrogens (tertiary/aromatic N) is 1. The molecule has 2 unspecified atom stereocenters. The number of aryl methyl sites for hydroxylation is 2. The van der Waals surface area contributed by atoms with E-state index in [1.807, 2.05) is 6.92 Å². The molecule has 0 spiro atoms. The molecule has 2 amide bonds. The zero-order valence-corrected chi connectivity index (χ0v) is 13.4. The Morgan fingerprint density at radius 3 is 2.64 bits per heavy atom. The molecule has 2 rings (SSSR count). The van der Waals surface area contributed by atoms with Crippen molar-refractivity contribution in [1.82, 2.24) is 10.4 Å². The van der Waals surface area contributed by atoms with E-state index in [9.17, 15) is 9.59 Å². The van der Waals surface area contributed by atoms with E-state index in [4.69, 9.17) is 5.21 Å². The Bertz CT molecular complexity index is 556. The molecule has 2 atom stereocenters. The summed E-state index contributed by atoms with van der Waals surface area (Å²) in [4.78, 5) is 25.7. The normalized spacial score (nSPS) is 22.7. The maximum atomic E-state index is 12.6. The van der Waals surface area contributed by atoms with Crippen molar-refractivity contribution in [3.8, 4) is 0 Å². The molecule has 120 valence electrons. The SMILES string of the molecule is Cc1ccc(CCC2(C)CCN(C(C)C(=O)NO)C2=O)cc1. The number of rotatable bonds is 5. The molecule has 1 fully saturated rings. The monoisotopic (exact) mass is 304 g/mol. The fraction of sp³-hybridized carbons (Fsp3) is 0.529. The summed E-state index contributed by atoms with van der Waals surface area (Å²) in [5, 5.41) is 8.72. The third kappa shape index (κ3) is 3.30. The van der Waals surface area contributed by atoms with Crippen LogP contribution in [-0.2, 0) is 16.0 Å². The summed E-state index contributed by atoms with van der Waals surface area (Å²) in [6, 6.07) is 7.70. The molecule has 1 aliphatic rings. The van der Waals surface area contributed by atoms with Crippen LogP contribution in [0.15, 0.2) is 24.3 Å². The quantitative estimate of drug-likeness (QED) is 0.646. The van der Waals surface area contributed by atoms with Crippen molar-refractivity contribution >= 4 is 11.8 Å². The van der Waals surface area contributed by atoms with Crippen molar-refractivity contribution in [2.45, 2.75) is 46.1 Å². The van der Waals surface area contributed by atoms with Gasteiger partial charge in [-0.15, -0.1) is 0 Å². The average molecular weight is 304 g/mol. The van der Waals surface area contributed by atoms with Crippen molar-refractivity contribution in [2.24, 2.45) is 5.41 Å². The molecule has 0 bridgehead atoms. The van der Waals surface area contributed by atoms with Crippen LogP contribution in [0.5, 0.6) is 0 Å². The number of hydrogen-bond donors (Lipinski definition) is 2. The lowest BCUT2D eigenvalue weighted by Gasteiger charge is -2.26. The van der Waals surface area contributed by atoms with Crippen molar-refractivity contribution < 1.29 is 14.8 Å². The number of likely N-dealkylation sites (tertiary alicyclic amines) is 1. The maximum absolute atomic E-state index is 12.6. The van der Waals surface area contributed by atoms with Gasteiger partial charge in [0.05, 0.1) is 0 Å². The van der Waals surface area contributed by atoms with E-state index in [2.05, 4.69) is 31.2 Å². The molecule has 1 aliphatic heterocycles. The van der Waals surface area contributed by atoms with Crippen LogP contribution in [0.4, 0.5) is 0 Å². The van der Waals surface area contributed by atoms with Crippen molar-refractivity contribution in [2.75, 3.05) is 6.54 Å². The number of amides is 2. The molecule has 0 radical (unpaired) electrons. The van der Waals surface area contributed by atoms with Crippen LogP contribution in [0.2, 0.25) is 0 Å². The summed E-state index contributed by atoms with van der Waals surface area (Å²) in [5.41, 5.74) is 3.63. The van der Waals surface area contributed by atoms with E-state index in [0.29, 0.717) is 6.54 Å². The van der Waals surface area contributed by atoms with E-state index in [0.717, 1.165) is 19.3 Å². The maximum Gasteiger partial charge on any atom is 0.265 e. The van der Waals surface area contributed by atoms with Crippen LogP contribution in [0.3, 0.4) is 0 Å². The van der Waals surface area contributed by atoms with Gasteiger partial charge in [0.2, 0.25) is 5.91 Å². The van der Waals surface area contributed by atoms with E-state index < -0.39 is 17.4 Å². The van der Waals surface area contributed by atoms with Crippen molar-refractivity contribution in [1.29, 1.82) is 0 Å². The summed E-state index contributed by atoms with van der Waals surface area (Å²) in [6.45, 7) is 6.21. The molecule has 1 heterocycles. The highest BCUT2D eigenvalue weighted by Gasteiger charge is 2.45. The predicted octanol–water partition coefficient (Wildman–Crippen LogP) is 2.06. The summed E-state index contributed by atoms with van der Waals surface area (Å²) in [7, 11) is 0. The number of nitrogens with one attached hydrogen (secondary N) is 1. The molecule has 2 N–H and O–H groups in total. The molecule has 0 saturated carbocycles. The van der Waals surface area contributed by atoms with E-state index in [1.54, 1.807) is 17.3 Å². The van der Waals surface area contributed by atoms with Gasteiger partial charge in [-0.05, 0) is 38.7 Å². The van der Waals surface area contributed by atoms with Gasteiger partial charge in [-0.25, -0.2) is 5.48 Å². The fourth-order valence-corrected chi connectivity index (χ4v) is 2.93. The standard InChI is InChI=1S/C17H24N2O3/c1-12-4-6-14(7-5-12)8-9-17(3)10-11-19(16(17)21)13(2)15(20)18-22/h4-7,13,22H,8-11H2,1-3H3,(H,18,20). The first-order valence-corrected chi connectivity index (χ1v) is 7.68. The largest absolute Gasteiger partial charge is 0.330 e. The van der Waals surface area contributed by atoms with Crippen LogP contribution in [0.25, 0.3) is 0 Å². The Morgan fingerprint density at radius 1 is 1.41 bits per heavy atom. The molecule has 1 aromatic carbocycles. The first-order valence-electron chi connectivity index (χ1n) is 7.68. The van der Waals surface area contributed by atoms with Crippen LogP contribution >= 0.6 is 0 Å². The fourth-order valence-electron chi connectivity index (χ4n) is 2.93. The zero-order valence-electron chi connectivity index (χ0n) is 13.4. The Labute approximate surface area is 131 Å². The minimum atomic E-state index is -0.640. The van der Waals surface area contributed by atoms with Crippen molar-refractivity contribution in [3.05, 3.63) is 35.4 Å². The smallest absolute Gasteiger partial charge is 0.265 e. The summed E-state index contributed by atoms with van der Waals surface area (Å²) in [5.74, 6) is -0.549. The van der Waals surface area contributed by atoms with Crippen LogP contribution in [0.1, 0.15) is 37.8 Å². The molecule has 5 heteroatoms. The summed E-state index contributed by atoms with van der Waals surface area (Å²) in [6.07, 6.45) is 2.34. The van der Waals surface area contributed by atoms with E-state index in [1.165, 1.54) is 11.1 Å².